The van der Waals surface area contributed by atoms with Crippen LogP contribution in [0.15, 0.2) is 52.1 Å². The highest BCUT2D eigenvalue weighted by molar-refractivity contribution is 14.0. The SMILES string of the molecule is I.NC(=NCCCOCc1ccco1)Nc1ccc(OC(F)(F)F)cc1. The third-order valence-electron chi connectivity index (χ3n) is 2.91. The van der Waals surface area contributed by atoms with Crippen LogP contribution in [0.2, 0.25) is 0 Å². The van der Waals surface area contributed by atoms with Crippen LogP contribution < -0.4 is 15.8 Å². The Balaban J connectivity index is 0.00000338. The normalized spacial score (nSPS) is 11.7. The molecule has 6 nitrogen and oxygen atoms in total. The number of nitrogens with two attached hydrogens (primary N) is 1. The Bertz CT molecular complexity index is 662. The Morgan fingerprint density at radius 2 is 1.92 bits per heavy atom. The number of alkyl halides is 3. The number of hydrogen-bond acceptors (Lipinski definition) is 4. The number of anilines is 1. The highest BCUT2D eigenvalue weighted by atomic mass is 127. The first-order valence-electron chi connectivity index (χ1n) is 7.45. The Morgan fingerprint density at radius 1 is 1.19 bits per heavy atom. The molecule has 0 aliphatic heterocycles. The second-order valence-electron chi connectivity index (χ2n) is 4.95. The zero-order valence-electron chi connectivity index (χ0n) is 13.7. The number of guanidine groups is 1. The van der Waals surface area contributed by atoms with Gasteiger partial charge >= 0.3 is 6.36 Å². The molecule has 2 aromatic rings. The lowest BCUT2D eigenvalue weighted by molar-refractivity contribution is -0.274. The van der Waals surface area contributed by atoms with Crippen LogP contribution >= 0.6 is 24.0 Å². The number of rotatable bonds is 8. The summed E-state index contributed by atoms with van der Waals surface area (Å²) >= 11 is 0. The van der Waals surface area contributed by atoms with Crippen LogP contribution in [0.1, 0.15) is 12.2 Å². The highest BCUT2D eigenvalue weighted by Gasteiger charge is 2.30. The molecular formula is C16H19F3IN3O3. The molecule has 0 fully saturated rings. The summed E-state index contributed by atoms with van der Waals surface area (Å²) in [5.41, 5.74) is 6.21. The van der Waals surface area contributed by atoms with Gasteiger partial charge in [0.05, 0.1) is 6.26 Å². The Labute approximate surface area is 165 Å². The number of benzene rings is 1. The van der Waals surface area contributed by atoms with Crippen molar-refractivity contribution >= 4 is 35.6 Å². The molecule has 0 aliphatic rings. The van der Waals surface area contributed by atoms with Crippen molar-refractivity contribution in [2.24, 2.45) is 10.7 Å². The zero-order chi connectivity index (χ0) is 18.1. The summed E-state index contributed by atoms with van der Waals surface area (Å²) in [6.45, 7) is 1.35. The monoisotopic (exact) mass is 485 g/mol. The third-order valence-corrected chi connectivity index (χ3v) is 2.91. The van der Waals surface area contributed by atoms with Crippen molar-refractivity contribution in [2.75, 3.05) is 18.5 Å². The molecule has 144 valence electrons. The van der Waals surface area contributed by atoms with E-state index in [1.165, 1.54) is 24.3 Å². The van der Waals surface area contributed by atoms with E-state index in [1.54, 1.807) is 12.3 Å². The minimum atomic E-state index is -4.71. The van der Waals surface area contributed by atoms with E-state index in [2.05, 4.69) is 15.0 Å². The van der Waals surface area contributed by atoms with Gasteiger partial charge in [-0.1, -0.05) is 0 Å². The summed E-state index contributed by atoms with van der Waals surface area (Å²) < 4.78 is 50.5. The smallest absolute Gasteiger partial charge is 0.467 e. The molecule has 1 aromatic carbocycles. The Kier molecular flexibility index (Phi) is 9.27. The lowest BCUT2D eigenvalue weighted by Gasteiger charge is -2.10. The van der Waals surface area contributed by atoms with E-state index < -0.39 is 6.36 Å². The number of hydrogen-bond donors (Lipinski definition) is 2. The van der Waals surface area contributed by atoms with Crippen molar-refractivity contribution < 1.29 is 27.1 Å². The van der Waals surface area contributed by atoms with Crippen LogP contribution in [0.3, 0.4) is 0 Å². The first-order valence-corrected chi connectivity index (χ1v) is 7.45. The van der Waals surface area contributed by atoms with E-state index in [9.17, 15) is 13.2 Å². The van der Waals surface area contributed by atoms with Crippen LogP contribution in [0.25, 0.3) is 0 Å². The summed E-state index contributed by atoms with van der Waals surface area (Å²) in [4.78, 5) is 4.10. The zero-order valence-corrected chi connectivity index (χ0v) is 16.0. The predicted molar refractivity (Wildman–Crippen MR) is 102 cm³/mol. The van der Waals surface area contributed by atoms with Gasteiger partial charge < -0.3 is 24.9 Å². The lowest BCUT2D eigenvalue weighted by Crippen LogP contribution is -2.23. The number of halogens is 4. The topological polar surface area (TPSA) is 82.0 Å². The molecule has 3 N–H and O–H groups in total. The lowest BCUT2D eigenvalue weighted by atomic mass is 10.3. The quantitative estimate of drug-likeness (QED) is 0.255. The molecule has 0 atom stereocenters. The summed E-state index contributed by atoms with van der Waals surface area (Å²) in [5, 5.41) is 2.78. The van der Waals surface area contributed by atoms with Gasteiger partial charge in [-0.15, -0.1) is 37.1 Å². The molecule has 0 aliphatic carbocycles. The number of ether oxygens (including phenoxy) is 2. The van der Waals surface area contributed by atoms with Gasteiger partial charge in [0.25, 0.3) is 0 Å². The van der Waals surface area contributed by atoms with Crippen molar-refractivity contribution in [3.8, 4) is 5.75 Å². The fourth-order valence-electron chi connectivity index (χ4n) is 1.86. The van der Waals surface area contributed by atoms with Crippen molar-refractivity contribution in [1.82, 2.24) is 0 Å². The summed E-state index contributed by atoms with van der Waals surface area (Å²) in [7, 11) is 0. The molecule has 0 amide bonds. The van der Waals surface area contributed by atoms with Gasteiger partial charge in [-0.05, 0) is 42.8 Å². The Morgan fingerprint density at radius 3 is 2.54 bits per heavy atom. The molecule has 1 aromatic heterocycles. The van der Waals surface area contributed by atoms with Crippen LogP contribution in [0.5, 0.6) is 5.75 Å². The van der Waals surface area contributed by atoms with E-state index in [1.807, 2.05) is 6.07 Å². The minimum Gasteiger partial charge on any atom is -0.467 e. The van der Waals surface area contributed by atoms with Crippen LogP contribution in [-0.2, 0) is 11.3 Å². The standard InChI is InChI=1S/C16H18F3N3O3.HI/c17-16(18,19)25-13-6-4-12(5-7-13)22-15(20)21-8-2-9-23-11-14-3-1-10-24-14;/h1,3-7,10H,2,8-9,11H2,(H3,20,21,22);1H. The van der Waals surface area contributed by atoms with Crippen LogP contribution in [0, 0.1) is 0 Å². The molecular weight excluding hydrogens is 466 g/mol. The molecule has 0 saturated heterocycles. The predicted octanol–water partition coefficient (Wildman–Crippen LogP) is 4.13. The van der Waals surface area contributed by atoms with E-state index in [4.69, 9.17) is 14.9 Å². The molecule has 0 saturated carbocycles. The van der Waals surface area contributed by atoms with Gasteiger partial charge in [0, 0.05) is 18.8 Å². The van der Waals surface area contributed by atoms with E-state index in [0.717, 1.165) is 5.76 Å². The van der Waals surface area contributed by atoms with Gasteiger partial charge in [0.15, 0.2) is 5.96 Å². The number of nitrogens with one attached hydrogen (secondary N) is 1. The van der Waals surface area contributed by atoms with Crippen molar-refractivity contribution in [3.05, 3.63) is 48.4 Å². The maximum absolute atomic E-state index is 12.1. The van der Waals surface area contributed by atoms with Crippen molar-refractivity contribution in [2.45, 2.75) is 19.4 Å². The average Bonchev–Trinajstić information content (AvgIpc) is 3.04. The van der Waals surface area contributed by atoms with Crippen LogP contribution in [0.4, 0.5) is 18.9 Å². The minimum absolute atomic E-state index is 0. The number of aliphatic imine (C=N–C) groups is 1. The summed E-state index contributed by atoms with van der Waals surface area (Å²) in [5.74, 6) is 0.612. The maximum Gasteiger partial charge on any atom is 0.573 e. The van der Waals surface area contributed by atoms with E-state index >= 15 is 0 Å². The molecule has 0 unspecified atom stereocenters. The number of furan rings is 1. The average molecular weight is 485 g/mol. The molecule has 26 heavy (non-hydrogen) atoms. The second kappa shape index (κ2) is 10.9. The Hall–Kier alpha value is -1.95. The van der Waals surface area contributed by atoms with Gasteiger partial charge in [0.1, 0.15) is 18.1 Å². The molecule has 1 heterocycles. The third kappa shape index (κ3) is 8.94. The van der Waals surface area contributed by atoms with Crippen LogP contribution in [-0.4, -0.2) is 25.5 Å². The molecule has 0 spiro atoms. The highest BCUT2D eigenvalue weighted by Crippen LogP contribution is 2.23. The fraction of sp³-hybridized carbons (Fsp3) is 0.312. The fourth-order valence-corrected chi connectivity index (χ4v) is 1.86. The van der Waals surface area contributed by atoms with E-state index in [-0.39, 0.29) is 35.7 Å². The van der Waals surface area contributed by atoms with Gasteiger partial charge in [-0.2, -0.15) is 0 Å². The summed E-state index contributed by atoms with van der Waals surface area (Å²) in [6, 6.07) is 8.81. The van der Waals surface area contributed by atoms with Gasteiger partial charge in [-0.3, -0.25) is 4.99 Å². The molecule has 2 rings (SSSR count). The maximum atomic E-state index is 12.1. The van der Waals surface area contributed by atoms with Crippen molar-refractivity contribution in [1.29, 1.82) is 0 Å². The largest absolute Gasteiger partial charge is 0.573 e. The first-order chi connectivity index (χ1) is 11.9. The second-order valence-corrected chi connectivity index (χ2v) is 4.95. The molecule has 0 bridgehead atoms. The number of nitrogens with zero attached hydrogens (tertiary/aromatic N) is 1. The summed E-state index contributed by atoms with van der Waals surface area (Å²) in [6.07, 6.45) is -2.47. The van der Waals surface area contributed by atoms with Gasteiger partial charge in [0.2, 0.25) is 0 Å². The molecule has 10 heteroatoms. The van der Waals surface area contributed by atoms with Gasteiger partial charge in [-0.25, -0.2) is 0 Å². The van der Waals surface area contributed by atoms with E-state index in [0.29, 0.717) is 31.9 Å². The first kappa shape index (κ1) is 22.1. The molecule has 0 radical (unpaired) electrons. The van der Waals surface area contributed by atoms with Crippen molar-refractivity contribution in [3.63, 3.8) is 0 Å².